The van der Waals surface area contributed by atoms with Crippen LogP contribution < -0.4 is 10.6 Å². The van der Waals surface area contributed by atoms with Gasteiger partial charge in [-0.05, 0) is 50.8 Å². The fourth-order valence-corrected chi connectivity index (χ4v) is 3.59. The SMILES string of the molecule is CC1CCc2ccccc2N1CC1(CN)CCOCC1. The topological polar surface area (TPSA) is 38.5 Å². The molecule has 0 aliphatic carbocycles. The Balaban J connectivity index is 1.85. The molecule has 1 fully saturated rings. The first-order valence-electron chi connectivity index (χ1n) is 7.86. The summed E-state index contributed by atoms with van der Waals surface area (Å²) in [6.45, 7) is 5.91. The van der Waals surface area contributed by atoms with E-state index >= 15 is 0 Å². The van der Waals surface area contributed by atoms with E-state index in [1.165, 1.54) is 24.1 Å². The molecule has 3 nitrogen and oxygen atoms in total. The van der Waals surface area contributed by atoms with E-state index in [1.807, 2.05) is 0 Å². The average molecular weight is 274 g/mol. The summed E-state index contributed by atoms with van der Waals surface area (Å²) in [5, 5.41) is 0. The number of ether oxygens (including phenoxy) is 1. The zero-order valence-corrected chi connectivity index (χ0v) is 12.5. The van der Waals surface area contributed by atoms with Gasteiger partial charge >= 0.3 is 0 Å². The number of nitrogens with zero attached hydrogens (tertiary/aromatic N) is 1. The lowest BCUT2D eigenvalue weighted by molar-refractivity contribution is 0.0215. The summed E-state index contributed by atoms with van der Waals surface area (Å²) in [6.07, 6.45) is 4.63. The molecule has 0 radical (unpaired) electrons. The highest BCUT2D eigenvalue weighted by Gasteiger charge is 2.36. The highest BCUT2D eigenvalue weighted by atomic mass is 16.5. The third-order valence-corrected chi connectivity index (χ3v) is 5.16. The molecule has 2 aliphatic heterocycles. The molecule has 0 saturated carbocycles. The molecule has 3 rings (SSSR count). The lowest BCUT2D eigenvalue weighted by atomic mass is 9.78. The van der Waals surface area contributed by atoms with Crippen molar-refractivity contribution in [2.45, 2.75) is 38.6 Å². The molecule has 2 aliphatic rings. The van der Waals surface area contributed by atoms with E-state index in [0.29, 0.717) is 6.04 Å². The minimum absolute atomic E-state index is 0.233. The third-order valence-electron chi connectivity index (χ3n) is 5.16. The third kappa shape index (κ3) is 2.57. The fourth-order valence-electron chi connectivity index (χ4n) is 3.59. The second-order valence-electron chi connectivity index (χ2n) is 6.46. The fraction of sp³-hybridized carbons (Fsp3) is 0.647. The van der Waals surface area contributed by atoms with Gasteiger partial charge in [0.25, 0.3) is 0 Å². The summed E-state index contributed by atoms with van der Waals surface area (Å²) in [6, 6.07) is 9.46. The van der Waals surface area contributed by atoms with Crippen LogP contribution in [0.5, 0.6) is 0 Å². The van der Waals surface area contributed by atoms with Crippen LogP contribution in [0.2, 0.25) is 0 Å². The molecule has 1 unspecified atom stereocenters. The van der Waals surface area contributed by atoms with Crippen LogP contribution in [-0.2, 0) is 11.2 Å². The molecule has 2 N–H and O–H groups in total. The summed E-state index contributed by atoms with van der Waals surface area (Å²) in [4.78, 5) is 2.59. The smallest absolute Gasteiger partial charge is 0.0472 e. The highest BCUT2D eigenvalue weighted by molar-refractivity contribution is 5.56. The summed E-state index contributed by atoms with van der Waals surface area (Å²) >= 11 is 0. The van der Waals surface area contributed by atoms with Crippen molar-refractivity contribution in [1.29, 1.82) is 0 Å². The van der Waals surface area contributed by atoms with E-state index in [9.17, 15) is 0 Å². The maximum absolute atomic E-state index is 6.14. The van der Waals surface area contributed by atoms with E-state index in [-0.39, 0.29) is 5.41 Å². The molecule has 0 bridgehead atoms. The average Bonchev–Trinajstić information content (AvgIpc) is 2.51. The summed E-state index contributed by atoms with van der Waals surface area (Å²) in [7, 11) is 0. The van der Waals surface area contributed by atoms with Crippen molar-refractivity contribution >= 4 is 5.69 Å². The Morgan fingerprint density at radius 1 is 1.30 bits per heavy atom. The largest absolute Gasteiger partial charge is 0.381 e. The molecule has 0 spiro atoms. The number of hydrogen-bond donors (Lipinski definition) is 1. The standard InChI is InChI=1S/C17H26N2O/c1-14-6-7-15-4-2-3-5-16(15)19(14)13-17(12-18)8-10-20-11-9-17/h2-5,14H,6-13,18H2,1H3. The van der Waals surface area contributed by atoms with Gasteiger partial charge in [-0.15, -0.1) is 0 Å². The Morgan fingerprint density at radius 2 is 2.05 bits per heavy atom. The monoisotopic (exact) mass is 274 g/mol. The van der Waals surface area contributed by atoms with Gasteiger partial charge in [-0.1, -0.05) is 18.2 Å². The zero-order chi connectivity index (χ0) is 14.0. The van der Waals surface area contributed by atoms with Gasteiger partial charge < -0.3 is 15.4 Å². The van der Waals surface area contributed by atoms with E-state index < -0.39 is 0 Å². The van der Waals surface area contributed by atoms with Crippen LogP contribution in [0.3, 0.4) is 0 Å². The molecule has 110 valence electrons. The molecular weight excluding hydrogens is 248 g/mol. The van der Waals surface area contributed by atoms with Gasteiger partial charge in [-0.2, -0.15) is 0 Å². The number of benzene rings is 1. The zero-order valence-electron chi connectivity index (χ0n) is 12.5. The molecule has 3 heteroatoms. The Bertz CT molecular complexity index is 454. The molecule has 1 aromatic rings. The summed E-state index contributed by atoms with van der Waals surface area (Å²) in [5.41, 5.74) is 9.28. The Hall–Kier alpha value is -1.06. The predicted octanol–water partition coefficient (Wildman–Crippen LogP) is 2.58. The number of aryl methyl sites for hydroxylation is 1. The number of rotatable bonds is 3. The first-order chi connectivity index (χ1) is 9.74. The molecule has 1 saturated heterocycles. The van der Waals surface area contributed by atoms with E-state index in [1.54, 1.807) is 0 Å². The van der Waals surface area contributed by atoms with Crippen LogP contribution in [0.1, 0.15) is 31.7 Å². The Morgan fingerprint density at radius 3 is 2.80 bits per heavy atom. The van der Waals surface area contributed by atoms with Gasteiger partial charge in [0, 0.05) is 36.9 Å². The molecule has 0 amide bonds. The van der Waals surface area contributed by atoms with Gasteiger partial charge in [0.15, 0.2) is 0 Å². The summed E-state index contributed by atoms with van der Waals surface area (Å²) < 4.78 is 5.54. The number of hydrogen-bond acceptors (Lipinski definition) is 3. The van der Waals surface area contributed by atoms with Crippen molar-refractivity contribution in [3.05, 3.63) is 29.8 Å². The number of anilines is 1. The first-order valence-corrected chi connectivity index (χ1v) is 7.86. The molecular formula is C17H26N2O. The van der Waals surface area contributed by atoms with Crippen molar-refractivity contribution < 1.29 is 4.74 Å². The van der Waals surface area contributed by atoms with Crippen molar-refractivity contribution in [1.82, 2.24) is 0 Å². The van der Waals surface area contributed by atoms with E-state index in [2.05, 4.69) is 36.1 Å². The number of para-hydroxylation sites is 1. The van der Waals surface area contributed by atoms with Crippen molar-refractivity contribution in [2.75, 3.05) is 31.2 Å². The van der Waals surface area contributed by atoms with Crippen molar-refractivity contribution in [3.8, 4) is 0 Å². The number of nitrogens with two attached hydrogens (primary N) is 1. The van der Waals surface area contributed by atoms with Gasteiger partial charge in [-0.25, -0.2) is 0 Å². The summed E-state index contributed by atoms with van der Waals surface area (Å²) in [5.74, 6) is 0. The molecule has 1 atom stereocenters. The van der Waals surface area contributed by atoms with Gasteiger partial charge in [0.2, 0.25) is 0 Å². The second kappa shape index (κ2) is 5.74. The Kier molecular flexibility index (Phi) is 3.99. The van der Waals surface area contributed by atoms with Crippen LogP contribution in [0.15, 0.2) is 24.3 Å². The van der Waals surface area contributed by atoms with Crippen molar-refractivity contribution in [2.24, 2.45) is 11.1 Å². The number of fused-ring (bicyclic) bond motifs is 1. The highest BCUT2D eigenvalue weighted by Crippen LogP contribution is 2.37. The van der Waals surface area contributed by atoms with Gasteiger partial charge in [-0.3, -0.25) is 0 Å². The first kappa shape index (κ1) is 13.9. The van der Waals surface area contributed by atoms with E-state index in [4.69, 9.17) is 10.5 Å². The molecule has 0 aromatic heterocycles. The van der Waals surface area contributed by atoms with E-state index in [0.717, 1.165) is 39.1 Å². The maximum atomic E-state index is 6.14. The second-order valence-corrected chi connectivity index (χ2v) is 6.46. The molecule has 1 aromatic carbocycles. The van der Waals surface area contributed by atoms with Crippen molar-refractivity contribution in [3.63, 3.8) is 0 Å². The molecule has 2 heterocycles. The minimum Gasteiger partial charge on any atom is -0.381 e. The molecule has 20 heavy (non-hydrogen) atoms. The lowest BCUT2D eigenvalue weighted by Gasteiger charge is -2.45. The normalized spacial score (nSPS) is 25.3. The van der Waals surface area contributed by atoms with Crippen LogP contribution in [-0.4, -0.2) is 32.3 Å². The van der Waals surface area contributed by atoms with Crippen LogP contribution in [0, 0.1) is 5.41 Å². The quantitative estimate of drug-likeness (QED) is 0.920. The van der Waals surface area contributed by atoms with Crippen LogP contribution in [0.4, 0.5) is 5.69 Å². The predicted molar refractivity (Wildman–Crippen MR) is 83.1 cm³/mol. The van der Waals surface area contributed by atoms with Crippen LogP contribution in [0.25, 0.3) is 0 Å². The van der Waals surface area contributed by atoms with Gasteiger partial charge in [0.1, 0.15) is 0 Å². The minimum atomic E-state index is 0.233. The van der Waals surface area contributed by atoms with Gasteiger partial charge in [0.05, 0.1) is 0 Å². The maximum Gasteiger partial charge on any atom is 0.0472 e. The lowest BCUT2D eigenvalue weighted by Crippen LogP contribution is -2.50. The Labute approximate surface area is 122 Å². The van der Waals surface area contributed by atoms with Crippen LogP contribution >= 0.6 is 0 Å².